The number of sulfonamides is 1. The van der Waals surface area contributed by atoms with Crippen molar-refractivity contribution in [3.63, 3.8) is 0 Å². The van der Waals surface area contributed by atoms with Crippen LogP contribution in [0.1, 0.15) is 0 Å². The van der Waals surface area contributed by atoms with Gasteiger partial charge in [0.25, 0.3) is 10.0 Å². The highest BCUT2D eigenvalue weighted by Crippen LogP contribution is 2.31. The zero-order valence-corrected chi connectivity index (χ0v) is 17.3. The number of aromatic nitrogens is 4. The average molecular weight is 477 g/mol. The first kappa shape index (κ1) is 22.1. The Hall–Kier alpha value is -4.13. The van der Waals surface area contributed by atoms with Gasteiger partial charge in [-0.15, -0.1) is 23.4 Å². The summed E-state index contributed by atoms with van der Waals surface area (Å²) in [6.07, 6.45) is -1.73. The van der Waals surface area contributed by atoms with Gasteiger partial charge in [-0.3, -0.25) is 4.72 Å². The van der Waals surface area contributed by atoms with Crippen LogP contribution in [0.3, 0.4) is 0 Å². The van der Waals surface area contributed by atoms with E-state index >= 15 is 0 Å². The summed E-state index contributed by atoms with van der Waals surface area (Å²) in [6, 6.07) is 15.1. The molecule has 0 spiro atoms. The predicted molar refractivity (Wildman–Crippen MR) is 110 cm³/mol. The summed E-state index contributed by atoms with van der Waals surface area (Å²) in [7, 11) is -4.36. The molecule has 0 atom stereocenters. The van der Waals surface area contributed by atoms with Crippen LogP contribution >= 0.6 is 0 Å². The smallest absolute Gasteiger partial charge is 0.438 e. The quantitative estimate of drug-likeness (QED) is 0.426. The van der Waals surface area contributed by atoms with Gasteiger partial charge in [0, 0.05) is 24.1 Å². The molecule has 0 aliphatic heterocycles. The van der Waals surface area contributed by atoms with Crippen molar-refractivity contribution in [1.29, 1.82) is 0 Å². The molecule has 170 valence electrons. The van der Waals surface area contributed by atoms with E-state index in [-0.39, 0.29) is 11.6 Å². The van der Waals surface area contributed by atoms with E-state index in [4.69, 9.17) is 4.74 Å². The van der Waals surface area contributed by atoms with Gasteiger partial charge in [-0.05, 0) is 48.5 Å². The first-order valence-electron chi connectivity index (χ1n) is 9.19. The molecule has 4 aromatic rings. The normalized spacial score (nSPS) is 11.7. The lowest BCUT2D eigenvalue weighted by Gasteiger charge is -2.14. The van der Waals surface area contributed by atoms with Crippen LogP contribution in [0.4, 0.5) is 18.9 Å². The van der Waals surface area contributed by atoms with Crippen molar-refractivity contribution in [2.75, 3.05) is 4.72 Å². The van der Waals surface area contributed by atoms with Crippen LogP contribution in [0.2, 0.25) is 0 Å². The molecule has 1 N–H and O–H groups in total. The number of nitrogens with one attached hydrogen (secondary N) is 1. The standard InChI is InChI=1S/C20H14F3N5O4S/c21-20(22,23)32-16-4-1-2-5-17(16)33(29,30)27-14-6-8-15(9-7-14)31-19-11-10-18(25-26-19)28-13-3-12-24-28/h1-13,27H. The molecule has 33 heavy (non-hydrogen) atoms. The van der Waals surface area contributed by atoms with E-state index in [0.717, 1.165) is 12.1 Å². The molecule has 0 amide bonds. The third-order valence-electron chi connectivity index (χ3n) is 4.06. The van der Waals surface area contributed by atoms with Gasteiger partial charge >= 0.3 is 6.36 Å². The van der Waals surface area contributed by atoms with E-state index in [1.165, 1.54) is 41.1 Å². The molecule has 0 radical (unpaired) electrons. The number of hydrogen-bond donors (Lipinski definition) is 1. The third-order valence-corrected chi connectivity index (χ3v) is 5.48. The Balaban J connectivity index is 1.46. The Morgan fingerprint density at radius 1 is 0.909 bits per heavy atom. The molecule has 0 fully saturated rings. The number of anilines is 1. The summed E-state index contributed by atoms with van der Waals surface area (Å²) in [5, 5.41) is 12.0. The lowest BCUT2D eigenvalue weighted by atomic mass is 10.3. The molecule has 4 rings (SSSR count). The largest absolute Gasteiger partial charge is 0.573 e. The fourth-order valence-electron chi connectivity index (χ4n) is 2.70. The number of alkyl halides is 3. The van der Waals surface area contributed by atoms with E-state index in [2.05, 4.69) is 24.8 Å². The summed E-state index contributed by atoms with van der Waals surface area (Å²) in [5.41, 5.74) is 0.101. The molecule has 2 heterocycles. The molecule has 0 aliphatic rings. The van der Waals surface area contributed by atoms with Gasteiger partial charge < -0.3 is 9.47 Å². The second kappa shape index (κ2) is 8.78. The number of benzene rings is 2. The highest BCUT2D eigenvalue weighted by atomic mass is 32.2. The molecule has 0 bridgehead atoms. The number of para-hydroxylation sites is 1. The van der Waals surface area contributed by atoms with Crippen molar-refractivity contribution >= 4 is 15.7 Å². The molecule has 2 aromatic carbocycles. The zero-order valence-electron chi connectivity index (χ0n) is 16.5. The Bertz CT molecular complexity index is 1330. The fourth-order valence-corrected chi connectivity index (χ4v) is 3.89. The van der Waals surface area contributed by atoms with Gasteiger partial charge in [0.2, 0.25) is 5.88 Å². The van der Waals surface area contributed by atoms with Gasteiger partial charge in [0.1, 0.15) is 16.4 Å². The summed E-state index contributed by atoms with van der Waals surface area (Å²) < 4.78 is 76.1. The second-order valence-corrected chi connectivity index (χ2v) is 8.06. The highest BCUT2D eigenvalue weighted by Gasteiger charge is 2.34. The minimum absolute atomic E-state index is 0.101. The number of ether oxygens (including phenoxy) is 2. The molecule has 13 heteroatoms. The first-order chi connectivity index (χ1) is 15.7. The Morgan fingerprint density at radius 3 is 2.30 bits per heavy atom. The minimum Gasteiger partial charge on any atom is -0.438 e. The fraction of sp³-hybridized carbons (Fsp3) is 0.0500. The molecule has 9 nitrogen and oxygen atoms in total. The average Bonchev–Trinajstić information content (AvgIpc) is 3.30. The second-order valence-electron chi connectivity index (χ2n) is 6.41. The van der Waals surface area contributed by atoms with Gasteiger partial charge in [-0.25, -0.2) is 13.1 Å². The molecule has 0 saturated carbocycles. The van der Waals surface area contributed by atoms with Crippen molar-refractivity contribution in [3.05, 3.63) is 79.1 Å². The first-order valence-corrected chi connectivity index (χ1v) is 10.7. The van der Waals surface area contributed by atoms with Crippen LogP contribution in [-0.4, -0.2) is 34.8 Å². The van der Waals surface area contributed by atoms with Crippen molar-refractivity contribution < 1.29 is 31.1 Å². The number of nitrogens with zero attached hydrogens (tertiary/aromatic N) is 4. The van der Waals surface area contributed by atoms with Gasteiger partial charge in [0.05, 0.1) is 0 Å². The summed E-state index contributed by atoms with van der Waals surface area (Å²) >= 11 is 0. The monoisotopic (exact) mass is 477 g/mol. The van der Waals surface area contributed by atoms with Gasteiger partial charge in [0.15, 0.2) is 5.82 Å². The summed E-state index contributed by atoms with van der Waals surface area (Å²) in [4.78, 5) is -0.657. The van der Waals surface area contributed by atoms with Gasteiger partial charge in [-0.1, -0.05) is 12.1 Å². The molecule has 0 saturated heterocycles. The number of rotatable bonds is 7. The van der Waals surface area contributed by atoms with Crippen LogP contribution < -0.4 is 14.2 Å². The van der Waals surface area contributed by atoms with Crippen LogP contribution in [0.15, 0.2) is 84.0 Å². The topological polar surface area (TPSA) is 108 Å². The van der Waals surface area contributed by atoms with Crippen LogP contribution in [0, 0.1) is 0 Å². The van der Waals surface area contributed by atoms with Crippen LogP contribution in [0.5, 0.6) is 17.4 Å². The predicted octanol–water partition coefficient (Wildman–Crippen LogP) is 4.15. The van der Waals surface area contributed by atoms with E-state index in [1.54, 1.807) is 30.6 Å². The van der Waals surface area contributed by atoms with E-state index in [1.807, 2.05) is 0 Å². The lowest BCUT2D eigenvalue weighted by Crippen LogP contribution is -2.20. The third kappa shape index (κ3) is 5.57. The highest BCUT2D eigenvalue weighted by molar-refractivity contribution is 7.92. The van der Waals surface area contributed by atoms with Crippen molar-refractivity contribution in [2.45, 2.75) is 11.3 Å². The maximum atomic E-state index is 12.6. The van der Waals surface area contributed by atoms with Crippen LogP contribution in [0.25, 0.3) is 5.82 Å². The molecule has 2 aromatic heterocycles. The minimum atomic E-state index is -5.04. The van der Waals surface area contributed by atoms with Crippen molar-refractivity contribution in [2.24, 2.45) is 0 Å². The SMILES string of the molecule is O=S(=O)(Nc1ccc(Oc2ccc(-n3cccn3)nn2)cc1)c1ccccc1OC(F)(F)F. The van der Waals surface area contributed by atoms with Crippen molar-refractivity contribution in [3.8, 4) is 23.2 Å². The maximum absolute atomic E-state index is 12.6. The van der Waals surface area contributed by atoms with E-state index in [9.17, 15) is 21.6 Å². The van der Waals surface area contributed by atoms with Gasteiger partial charge in [-0.2, -0.15) is 5.10 Å². The summed E-state index contributed by atoms with van der Waals surface area (Å²) in [5.74, 6) is 0.179. The summed E-state index contributed by atoms with van der Waals surface area (Å²) in [6.45, 7) is 0. The zero-order chi connectivity index (χ0) is 23.5. The van der Waals surface area contributed by atoms with Crippen molar-refractivity contribution in [1.82, 2.24) is 20.0 Å². The molecule has 0 aliphatic carbocycles. The molecule has 0 unspecified atom stereocenters. The Kier molecular flexibility index (Phi) is 5.87. The number of hydrogen-bond acceptors (Lipinski definition) is 7. The lowest BCUT2D eigenvalue weighted by molar-refractivity contribution is -0.275. The van der Waals surface area contributed by atoms with E-state index in [0.29, 0.717) is 11.6 Å². The van der Waals surface area contributed by atoms with Crippen LogP contribution in [-0.2, 0) is 10.0 Å². The Labute approximate surface area is 185 Å². The number of halogens is 3. The molecular weight excluding hydrogens is 463 g/mol. The maximum Gasteiger partial charge on any atom is 0.573 e. The Morgan fingerprint density at radius 2 is 1.67 bits per heavy atom. The van der Waals surface area contributed by atoms with E-state index < -0.39 is 27.0 Å². The molecular formula is C20H14F3N5O4S.